The van der Waals surface area contributed by atoms with Gasteiger partial charge in [0.05, 0.1) is 6.61 Å². The van der Waals surface area contributed by atoms with Crippen molar-refractivity contribution >= 4 is 5.97 Å². The van der Waals surface area contributed by atoms with E-state index in [1.54, 1.807) is 0 Å². The first-order chi connectivity index (χ1) is 5.63. The third-order valence-electron chi connectivity index (χ3n) is 2.67. The number of likely N-dealkylation sites (tertiary alicyclic amines) is 1. The van der Waals surface area contributed by atoms with Crippen LogP contribution in [0.3, 0.4) is 0 Å². The Morgan fingerprint density at radius 2 is 2.25 bits per heavy atom. The number of ether oxygens (including phenoxy) is 1. The Bertz CT molecular complexity index is 208. The molecule has 0 aromatic rings. The predicted octanol–water partition coefficient (Wildman–Crippen LogP) is -0.0658. The average molecular weight is 171 g/mol. The molecule has 0 radical (unpaired) electrons. The van der Waals surface area contributed by atoms with E-state index >= 15 is 0 Å². The van der Waals surface area contributed by atoms with Gasteiger partial charge >= 0.3 is 5.97 Å². The molecule has 0 aromatic heterocycles. The fraction of sp³-hybridized carbons (Fsp3) is 0.875. The van der Waals surface area contributed by atoms with Crippen LogP contribution in [0.5, 0.6) is 0 Å². The average Bonchev–Trinajstić information content (AvgIpc) is 2.58. The normalized spacial score (nSPS) is 37.1. The number of hydrogen-bond acceptors (Lipinski definition) is 3. The van der Waals surface area contributed by atoms with Crippen molar-refractivity contribution in [2.24, 2.45) is 0 Å². The summed E-state index contributed by atoms with van der Waals surface area (Å²) in [5.74, 6) is -0.755. The van der Waals surface area contributed by atoms with Gasteiger partial charge in [-0.1, -0.05) is 0 Å². The van der Waals surface area contributed by atoms with Crippen LogP contribution in [0.4, 0.5) is 0 Å². The zero-order valence-electron chi connectivity index (χ0n) is 7.12. The fourth-order valence-electron chi connectivity index (χ4n) is 1.67. The van der Waals surface area contributed by atoms with Gasteiger partial charge in [-0.05, 0) is 13.3 Å². The van der Waals surface area contributed by atoms with Gasteiger partial charge < -0.3 is 9.84 Å². The molecule has 0 saturated carbocycles. The molecular formula is C8H13NO3. The molecule has 1 N–H and O–H groups in total. The zero-order chi connectivity index (χ0) is 8.77. The van der Waals surface area contributed by atoms with Crippen molar-refractivity contribution in [3.63, 3.8) is 0 Å². The molecule has 4 nitrogen and oxygen atoms in total. The maximum absolute atomic E-state index is 10.9. The van der Waals surface area contributed by atoms with Crippen molar-refractivity contribution < 1.29 is 14.6 Å². The molecule has 4 heteroatoms. The minimum atomic E-state index is -0.755. The lowest BCUT2D eigenvalue weighted by atomic mass is 9.98. The Labute approximate surface area is 71.1 Å². The summed E-state index contributed by atoms with van der Waals surface area (Å²) >= 11 is 0. The Balaban J connectivity index is 2.06. The van der Waals surface area contributed by atoms with Crippen LogP contribution >= 0.6 is 0 Å². The predicted molar refractivity (Wildman–Crippen MR) is 42.0 cm³/mol. The molecule has 0 aromatic carbocycles. The van der Waals surface area contributed by atoms with Gasteiger partial charge in [-0.15, -0.1) is 0 Å². The monoisotopic (exact) mass is 171 g/mol. The molecule has 2 fully saturated rings. The fourth-order valence-corrected chi connectivity index (χ4v) is 1.67. The van der Waals surface area contributed by atoms with Crippen molar-refractivity contribution in [1.29, 1.82) is 0 Å². The van der Waals surface area contributed by atoms with Crippen LogP contribution in [-0.4, -0.2) is 47.3 Å². The molecule has 2 saturated heterocycles. The molecule has 68 valence electrons. The highest BCUT2D eigenvalue weighted by Gasteiger charge is 2.54. The highest BCUT2D eigenvalue weighted by molar-refractivity contribution is 5.76. The van der Waals surface area contributed by atoms with E-state index in [1.165, 1.54) is 0 Å². The van der Waals surface area contributed by atoms with Crippen LogP contribution in [0, 0.1) is 0 Å². The summed E-state index contributed by atoms with van der Waals surface area (Å²) in [6, 6.07) is -0.425. The van der Waals surface area contributed by atoms with Crippen LogP contribution in [-0.2, 0) is 9.53 Å². The number of nitrogens with zero attached hydrogens (tertiary/aromatic N) is 1. The number of carboxylic acids is 1. The summed E-state index contributed by atoms with van der Waals surface area (Å²) in [6.45, 7) is 4.25. The Kier molecular flexibility index (Phi) is 1.63. The standard InChI is InChI=1S/C8H13NO3/c1-8(5-12-8)6(7(10)11)9-3-2-4-9/h6H,2-5H2,1H3,(H,10,11). The number of aliphatic carboxylic acids is 1. The van der Waals surface area contributed by atoms with Crippen molar-refractivity contribution in [2.75, 3.05) is 19.7 Å². The number of hydrogen-bond donors (Lipinski definition) is 1. The van der Waals surface area contributed by atoms with Crippen LogP contribution in [0.1, 0.15) is 13.3 Å². The highest BCUT2D eigenvalue weighted by atomic mass is 16.6. The van der Waals surface area contributed by atoms with E-state index in [4.69, 9.17) is 9.84 Å². The number of epoxide rings is 1. The van der Waals surface area contributed by atoms with Crippen LogP contribution in [0.2, 0.25) is 0 Å². The van der Waals surface area contributed by atoms with Crippen molar-refractivity contribution in [3.8, 4) is 0 Å². The lowest BCUT2D eigenvalue weighted by Gasteiger charge is -2.37. The van der Waals surface area contributed by atoms with E-state index < -0.39 is 17.6 Å². The van der Waals surface area contributed by atoms with Gasteiger partial charge in [0, 0.05) is 13.1 Å². The Hall–Kier alpha value is -0.610. The molecule has 0 spiro atoms. The Morgan fingerprint density at radius 1 is 1.67 bits per heavy atom. The van der Waals surface area contributed by atoms with Gasteiger partial charge in [-0.3, -0.25) is 9.69 Å². The van der Waals surface area contributed by atoms with Gasteiger partial charge in [0.15, 0.2) is 0 Å². The molecular weight excluding hydrogens is 158 g/mol. The molecule has 0 amide bonds. The maximum atomic E-state index is 10.9. The lowest BCUT2D eigenvalue weighted by molar-refractivity contribution is -0.147. The lowest BCUT2D eigenvalue weighted by Crippen LogP contribution is -2.55. The van der Waals surface area contributed by atoms with Crippen LogP contribution in [0.15, 0.2) is 0 Å². The van der Waals surface area contributed by atoms with E-state index in [1.807, 2.05) is 11.8 Å². The van der Waals surface area contributed by atoms with E-state index in [0.717, 1.165) is 19.5 Å². The smallest absolute Gasteiger partial charge is 0.324 e. The second-order valence-corrected chi connectivity index (χ2v) is 3.73. The minimum absolute atomic E-state index is 0.410. The van der Waals surface area contributed by atoms with E-state index in [-0.39, 0.29) is 0 Å². The van der Waals surface area contributed by atoms with E-state index in [2.05, 4.69) is 0 Å². The third-order valence-corrected chi connectivity index (χ3v) is 2.67. The minimum Gasteiger partial charge on any atom is -0.480 e. The second kappa shape index (κ2) is 2.44. The molecule has 2 atom stereocenters. The summed E-state index contributed by atoms with van der Waals surface area (Å²) < 4.78 is 5.15. The third kappa shape index (κ3) is 1.11. The van der Waals surface area contributed by atoms with Gasteiger partial charge in [-0.2, -0.15) is 0 Å². The SMILES string of the molecule is CC1(C(C(=O)O)N2CCC2)CO1. The van der Waals surface area contributed by atoms with Crippen molar-refractivity contribution in [2.45, 2.75) is 25.0 Å². The summed E-state index contributed by atoms with van der Waals surface area (Å²) in [4.78, 5) is 12.9. The summed E-state index contributed by atoms with van der Waals surface area (Å²) in [5.41, 5.74) is -0.410. The topological polar surface area (TPSA) is 53.1 Å². The van der Waals surface area contributed by atoms with E-state index in [0.29, 0.717) is 6.61 Å². The van der Waals surface area contributed by atoms with Gasteiger partial charge in [0.2, 0.25) is 0 Å². The second-order valence-electron chi connectivity index (χ2n) is 3.73. The van der Waals surface area contributed by atoms with E-state index in [9.17, 15) is 4.79 Å². The largest absolute Gasteiger partial charge is 0.480 e. The first-order valence-corrected chi connectivity index (χ1v) is 4.24. The molecule has 2 rings (SSSR count). The van der Waals surface area contributed by atoms with Crippen LogP contribution < -0.4 is 0 Å². The van der Waals surface area contributed by atoms with Gasteiger partial charge in [0.1, 0.15) is 11.6 Å². The number of carbonyl (C=O) groups is 1. The molecule has 2 unspecified atom stereocenters. The summed E-state index contributed by atoms with van der Waals surface area (Å²) in [6.07, 6.45) is 1.11. The number of carboxylic acid groups (broad SMARTS) is 1. The molecule has 0 aliphatic carbocycles. The van der Waals surface area contributed by atoms with Crippen LogP contribution in [0.25, 0.3) is 0 Å². The molecule has 2 aliphatic rings. The Morgan fingerprint density at radius 3 is 2.50 bits per heavy atom. The first kappa shape index (κ1) is 8.01. The van der Waals surface area contributed by atoms with Crippen molar-refractivity contribution in [1.82, 2.24) is 4.90 Å². The maximum Gasteiger partial charge on any atom is 0.324 e. The van der Waals surface area contributed by atoms with Gasteiger partial charge in [-0.25, -0.2) is 0 Å². The first-order valence-electron chi connectivity index (χ1n) is 4.24. The van der Waals surface area contributed by atoms with Crippen molar-refractivity contribution in [3.05, 3.63) is 0 Å². The summed E-state index contributed by atoms with van der Waals surface area (Å²) in [7, 11) is 0. The van der Waals surface area contributed by atoms with Gasteiger partial charge in [0.25, 0.3) is 0 Å². The number of rotatable bonds is 3. The molecule has 2 aliphatic heterocycles. The molecule has 2 heterocycles. The molecule has 12 heavy (non-hydrogen) atoms. The summed E-state index contributed by atoms with van der Waals surface area (Å²) in [5, 5.41) is 8.96. The molecule has 0 bridgehead atoms. The zero-order valence-corrected chi connectivity index (χ0v) is 7.12. The quantitative estimate of drug-likeness (QED) is 0.604. The highest BCUT2D eigenvalue weighted by Crippen LogP contribution is 2.35.